The topological polar surface area (TPSA) is 88.8 Å². The Hall–Kier alpha value is -2.98. The number of rotatable bonds is 4. The van der Waals surface area contributed by atoms with E-state index in [0.29, 0.717) is 28.9 Å². The summed E-state index contributed by atoms with van der Waals surface area (Å²) >= 11 is 0. The first kappa shape index (κ1) is 21.8. The van der Waals surface area contributed by atoms with E-state index >= 15 is 0 Å². The molecule has 1 aliphatic carbocycles. The van der Waals surface area contributed by atoms with E-state index in [2.05, 4.69) is 15.3 Å². The molecule has 0 radical (unpaired) electrons. The lowest BCUT2D eigenvalue weighted by Gasteiger charge is -2.41. The number of fused-ring (bicyclic) bond motifs is 1. The van der Waals surface area contributed by atoms with Crippen LogP contribution in [0.4, 0.5) is 13.2 Å². The third-order valence-electron chi connectivity index (χ3n) is 6.46. The van der Waals surface area contributed by atoms with Gasteiger partial charge in [0.25, 0.3) is 5.91 Å². The number of aliphatic hydroxyl groups is 1. The first-order valence-corrected chi connectivity index (χ1v) is 10.8. The number of aliphatic hydroxyl groups excluding tert-OH is 1. The van der Waals surface area contributed by atoms with Crippen molar-refractivity contribution in [1.29, 1.82) is 0 Å². The molecular weight excluding hydrogens is 437 g/mol. The molecule has 3 aromatic rings. The van der Waals surface area contributed by atoms with E-state index in [4.69, 9.17) is 4.74 Å². The highest BCUT2D eigenvalue weighted by atomic mass is 19.4. The van der Waals surface area contributed by atoms with Gasteiger partial charge in [-0.1, -0.05) is 0 Å². The standard InChI is InChI=1S/C23H23F3N4O3/c1-13-10-30-11-15(14-2-3-14)8-28-20(30)19(13)21(32)29-22(6-7-33-12-18(22)31)17-5-4-16(9-27-17)23(24,25)26/h4-5,8-11,14,18,31H,2-3,6-7,12H2,1H3,(H,29,32)/t18-,22+/m1/s1. The van der Waals surface area contributed by atoms with E-state index in [9.17, 15) is 23.1 Å². The van der Waals surface area contributed by atoms with Gasteiger partial charge in [-0.2, -0.15) is 13.2 Å². The summed E-state index contributed by atoms with van der Waals surface area (Å²) in [6, 6.07) is 2.10. The van der Waals surface area contributed by atoms with Crippen molar-refractivity contribution in [3.63, 3.8) is 0 Å². The first-order valence-electron chi connectivity index (χ1n) is 10.8. The summed E-state index contributed by atoms with van der Waals surface area (Å²) in [6.07, 6.45) is 2.97. The highest BCUT2D eigenvalue weighted by molar-refractivity contribution is 6.02. The number of carbonyl (C=O) groups excluding carboxylic acids is 1. The van der Waals surface area contributed by atoms with Crippen molar-refractivity contribution >= 4 is 11.6 Å². The Labute approximate surface area is 187 Å². The molecule has 10 heteroatoms. The number of carbonyl (C=O) groups is 1. The van der Waals surface area contributed by atoms with Crippen LogP contribution in [0.1, 0.15) is 57.9 Å². The predicted molar refractivity (Wildman–Crippen MR) is 112 cm³/mol. The van der Waals surface area contributed by atoms with Crippen LogP contribution in [0, 0.1) is 6.92 Å². The molecule has 3 aromatic heterocycles. The SMILES string of the molecule is Cc1cn2cc(C3CC3)cnc2c1C(=O)N[C@]1(c2ccc(C(F)(F)F)cn2)CCOC[C@H]1O. The Morgan fingerprint density at radius 1 is 1.24 bits per heavy atom. The monoisotopic (exact) mass is 460 g/mol. The summed E-state index contributed by atoms with van der Waals surface area (Å²) in [4.78, 5) is 21.9. The van der Waals surface area contributed by atoms with E-state index in [-0.39, 0.29) is 25.3 Å². The van der Waals surface area contributed by atoms with Crippen molar-refractivity contribution in [2.75, 3.05) is 13.2 Å². The molecule has 1 saturated carbocycles. The summed E-state index contributed by atoms with van der Waals surface area (Å²) in [6.45, 7) is 1.92. The van der Waals surface area contributed by atoms with Gasteiger partial charge in [-0.25, -0.2) is 4.98 Å². The van der Waals surface area contributed by atoms with Crippen LogP contribution in [-0.4, -0.2) is 44.7 Å². The molecule has 2 fully saturated rings. The molecule has 2 atom stereocenters. The second-order valence-corrected chi connectivity index (χ2v) is 8.78. The largest absolute Gasteiger partial charge is 0.417 e. The number of halogens is 3. The highest BCUT2D eigenvalue weighted by Crippen LogP contribution is 2.40. The van der Waals surface area contributed by atoms with Crippen molar-refractivity contribution in [2.45, 2.75) is 49.9 Å². The molecule has 4 heterocycles. The molecule has 0 spiro atoms. The number of ether oxygens (including phenoxy) is 1. The number of nitrogens with one attached hydrogen (secondary N) is 1. The number of hydrogen-bond donors (Lipinski definition) is 2. The second-order valence-electron chi connectivity index (χ2n) is 8.78. The van der Waals surface area contributed by atoms with Gasteiger partial charge >= 0.3 is 6.18 Å². The molecular formula is C23H23F3N4O3. The van der Waals surface area contributed by atoms with Gasteiger partial charge in [0.1, 0.15) is 17.3 Å². The van der Waals surface area contributed by atoms with E-state index in [1.54, 1.807) is 13.1 Å². The van der Waals surface area contributed by atoms with Crippen molar-refractivity contribution in [1.82, 2.24) is 19.7 Å². The molecule has 0 bridgehead atoms. The van der Waals surface area contributed by atoms with Crippen molar-refractivity contribution in [3.05, 3.63) is 64.9 Å². The van der Waals surface area contributed by atoms with E-state index in [1.807, 2.05) is 16.8 Å². The molecule has 1 amide bonds. The maximum absolute atomic E-state index is 13.5. The Kier molecular flexibility index (Phi) is 5.17. The number of amides is 1. The Morgan fingerprint density at radius 3 is 2.67 bits per heavy atom. The summed E-state index contributed by atoms with van der Waals surface area (Å²) in [7, 11) is 0. The van der Waals surface area contributed by atoms with Crippen LogP contribution in [-0.2, 0) is 16.5 Å². The van der Waals surface area contributed by atoms with Crippen LogP contribution < -0.4 is 5.32 Å². The summed E-state index contributed by atoms with van der Waals surface area (Å²) in [5.74, 6) is 0.0256. The number of hydrogen-bond acceptors (Lipinski definition) is 5. The molecule has 2 N–H and O–H groups in total. The lowest BCUT2D eigenvalue weighted by atomic mass is 9.83. The van der Waals surface area contributed by atoms with E-state index < -0.39 is 29.3 Å². The first-order chi connectivity index (χ1) is 15.7. The van der Waals surface area contributed by atoms with Gasteiger partial charge in [0.2, 0.25) is 0 Å². The molecule has 1 saturated heterocycles. The average Bonchev–Trinajstić information content (AvgIpc) is 3.56. The van der Waals surface area contributed by atoms with Gasteiger partial charge in [0.05, 0.1) is 23.4 Å². The van der Waals surface area contributed by atoms with E-state index in [0.717, 1.165) is 24.5 Å². The molecule has 0 aromatic carbocycles. The van der Waals surface area contributed by atoms with Crippen LogP contribution in [0.5, 0.6) is 0 Å². The van der Waals surface area contributed by atoms with Crippen LogP contribution in [0.15, 0.2) is 36.9 Å². The molecule has 0 unspecified atom stereocenters. The fourth-order valence-electron chi connectivity index (χ4n) is 4.44. The summed E-state index contributed by atoms with van der Waals surface area (Å²) < 4.78 is 46.2. The molecule has 33 heavy (non-hydrogen) atoms. The van der Waals surface area contributed by atoms with E-state index in [1.165, 1.54) is 6.07 Å². The maximum Gasteiger partial charge on any atom is 0.417 e. The van der Waals surface area contributed by atoms with Crippen molar-refractivity contribution < 1.29 is 27.8 Å². The maximum atomic E-state index is 13.5. The van der Waals surface area contributed by atoms with Crippen LogP contribution in [0.3, 0.4) is 0 Å². The third kappa shape index (κ3) is 3.87. The van der Waals surface area contributed by atoms with Crippen LogP contribution in [0.2, 0.25) is 0 Å². The smallest absolute Gasteiger partial charge is 0.388 e. The molecule has 1 aliphatic heterocycles. The molecule has 5 rings (SSSR count). The average molecular weight is 460 g/mol. The zero-order chi connectivity index (χ0) is 23.4. The fourth-order valence-corrected chi connectivity index (χ4v) is 4.44. The number of pyridine rings is 1. The minimum atomic E-state index is -4.54. The van der Waals surface area contributed by atoms with Crippen molar-refractivity contribution in [3.8, 4) is 0 Å². The Morgan fingerprint density at radius 2 is 2.03 bits per heavy atom. The number of aromatic nitrogens is 3. The molecule has 2 aliphatic rings. The number of aryl methyl sites for hydroxylation is 1. The Balaban J connectivity index is 1.51. The summed E-state index contributed by atoms with van der Waals surface area (Å²) in [5.41, 5.74) is 0.492. The molecule has 7 nitrogen and oxygen atoms in total. The Bertz CT molecular complexity index is 1200. The molecule has 174 valence electrons. The van der Waals surface area contributed by atoms with Crippen LogP contribution >= 0.6 is 0 Å². The summed E-state index contributed by atoms with van der Waals surface area (Å²) in [5, 5.41) is 13.7. The van der Waals surface area contributed by atoms with Gasteiger partial charge in [0.15, 0.2) is 0 Å². The second kappa shape index (κ2) is 7.81. The van der Waals surface area contributed by atoms with Gasteiger partial charge < -0.3 is 19.6 Å². The zero-order valence-electron chi connectivity index (χ0n) is 17.9. The normalized spacial score (nSPS) is 23.6. The van der Waals surface area contributed by atoms with Gasteiger partial charge in [-0.05, 0) is 48.9 Å². The number of nitrogens with zero attached hydrogens (tertiary/aromatic N) is 3. The quantitative estimate of drug-likeness (QED) is 0.624. The minimum Gasteiger partial charge on any atom is -0.388 e. The third-order valence-corrected chi connectivity index (χ3v) is 6.46. The lowest BCUT2D eigenvalue weighted by molar-refractivity contribution is -0.137. The minimum absolute atomic E-state index is 0.0819. The fraction of sp³-hybridized carbons (Fsp3) is 0.435. The van der Waals surface area contributed by atoms with Gasteiger partial charge in [0, 0.05) is 37.8 Å². The van der Waals surface area contributed by atoms with Gasteiger partial charge in [-0.15, -0.1) is 0 Å². The predicted octanol–water partition coefficient (Wildman–Crippen LogP) is 3.34. The number of alkyl halides is 3. The highest BCUT2D eigenvalue weighted by Gasteiger charge is 2.46. The van der Waals surface area contributed by atoms with Crippen molar-refractivity contribution in [2.24, 2.45) is 0 Å². The van der Waals surface area contributed by atoms with Crippen LogP contribution in [0.25, 0.3) is 5.65 Å². The van der Waals surface area contributed by atoms with Gasteiger partial charge in [-0.3, -0.25) is 9.78 Å². The lowest BCUT2D eigenvalue weighted by Crippen LogP contribution is -2.58. The zero-order valence-corrected chi connectivity index (χ0v) is 17.9.